The van der Waals surface area contributed by atoms with Gasteiger partial charge in [-0.15, -0.1) is 4.13 Å². The van der Waals surface area contributed by atoms with E-state index in [1.165, 1.54) is 0 Å². The first kappa shape index (κ1) is 22.5. The minimum absolute atomic E-state index is 0.0868. The third-order valence-corrected chi connectivity index (χ3v) is 7.32. The summed E-state index contributed by atoms with van der Waals surface area (Å²) >= 11 is -3.83. The summed E-state index contributed by atoms with van der Waals surface area (Å²) in [6.45, 7) is -1.96. The van der Waals surface area contributed by atoms with E-state index in [-0.39, 0.29) is 21.5 Å². The van der Waals surface area contributed by atoms with E-state index >= 15 is 0 Å². The average Bonchev–Trinajstić information content (AvgIpc) is 2.46. The van der Waals surface area contributed by atoms with Crippen molar-refractivity contribution in [2.75, 3.05) is 26.2 Å². The molecule has 0 aromatic rings. The van der Waals surface area contributed by atoms with Crippen LogP contribution in [0.2, 0.25) is 0 Å². The maximum atomic E-state index is 13.8. The number of alkyl halides is 6. The second-order valence-electron chi connectivity index (χ2n) is 4.60. The first-order chi connectivity index (χ1) is 11.0. The van der Waals surface area contributed by atoms with Gasteiger partial charge in [0.1, 0.15) is 0 Å². The number of hydrogen-bond donors (Lipinski definition) is 3. The van der Waals surface area contributed by atoms with Crippen LogP contribution >= 0.6 is 0 Å². The summed E-state index contributed by atoms with van der Waals surface area (Å²) in [7, 11) is -13.2. The van der Waals surface area contributed by atoms with Crippen molar-refractivity contribution in [1.29, 1.82) is 0 Å². The average molecular weight is 443 g/mol. The molecule has 0 aliphatic carbocycles. The molecule has 1 unspecified atom stereocenters. The summed E-state index contributed by atoms with van der Waals surface area (Å²) in [5, 5.41) is -10.8. The highest BCUT2D eigenvalue weighted by molar-refractivity contribution is 8.00. The second-order valence-corrected chi connectivity index (χ2v) is 9.26. The van der Waals surface area contributed by atoms with Crippen LogP contribution in [0.4, 0.5) is 26.3 Å². The van der Waals surface area contributed by atoms with Gasteiger partial charge in [-0.1, -0.05) is 0 Å². The van der Waals surface area contributed by atoms with Crippen molar-refractivity contribution in [3.63, 3.8) is 0 Å². The van der Waals surface area contributed by atoms with Gasteiger partial charge in [-0.2, -0.15) is 30.6 Å². The third kappa shape index (κ3) is 3.65. The van der Waals surface area contributed by atoms with E-state index in [1.807, 2.05) is 0 Å². The van der Waals surface area contributed by atoms with Gasteiger partial charge in [0.2, 0.25) is 11.3 Å². The largest absolute Gasteiger partial charge is 0.429 e. The number of rotatable bonds is 7. The lowest BCUT2D eigenvalue weighted by atomic mass is 10.3. The van der Waals surface area contributed by atoms with Gasteiger partial charge in [-0.05, 0) is 0 Å². The number of sulfonamides is 2. The zero-order chi connectivity index (χ0) is 19.9. The Balaban J connectivity index is 3.40. The molecule has 0 aromatic heterocycles. The van der Waals surface area contributed by atoms with Gasteiger partial charge in [0.15, 0.2) is 0 Å². The monoisotopic (exact) mass is 443 g/mol. The molecule has 0 aromatic carbocycles. The molecule has 0 amide bonds. The van der Waals surface area contributed by atoms with Gasteiger partial charge in [-0.25, -0.2) is 21.0 Å². The number of halogens is 6. The van der Waals surface area contributed by atoms with E-state index in [0.717, 1.165) is 0 Å². The topological polar surface area (TPSA) is 133 Å². The van der Waals surface area contributed by atoms with Crippen molar-refractivity contribution >= 4 is 31.3 Å². The van der Waals surface area contributed by atoms with Crippen molar-refractivity contribution in [1.82, 2.24) is 13.7 Å². The van der Waals surface area contributed by atoms with E-state index in [9.17, 15) is 47.4 Å². The molecule has 25 heavy (non-hydrogen) atoms. The maximum Gasteiger partial charge on any atom is 0.429 e. The Morgan fingerprint density at radius 1 is 0.960 bits per heavy atom. The SMILES string of the molecule is O=S(O)NS(=O)(=O)C(F)(F)C(F)(F)C(F)(F)S(=O)(=O)N1CCNCC1. The van der Waals surface area contributed by atoms with Gasteiger partial charge in [0.05, 0.1) is 0 Å². The fourth-order valence-electron chi connectivity index (χ4n) is 1.69. The molecular weight excluding hydrogens is 432 g/mol. The normalized spacial score (nSPS) is 20.4. The van der Waals surface area contributed by atoms with E-state index in [1.54, 1.807) is 0 Å². The number of nitrogens with one attached hydrogen (secondary N) is 2. The second kappa shape index (κ2) is 6.89. The molecule has 1 rings (SSSR count). The van der Waals surface area contributed by atoms with Crippen LogP contribution in [0.1, 0.15) is 0 Å². The molecule has 1 aliphatic heterocycles. The summed E-state index contributed by atoms with van der Waals surface area (Å²) in [6.07, 6.45) is 0. The summed E-state index contributed by atoms with van der Waals surface area (Å²) in [6, 6.07) is 0. The van der Waals surface area contributed by atoms with Crippen molar-refractivity contribution in [2.45, 2.75) is 16.4 Å². The molecule has 150 valence electrons. The fourth-order valence-corrected chi connectivity index (χ4v) is 4.83. The number of piperazine rings is 1. The summed E-state index contributed by atoms with van der Waals surface area (Å²) in [5.41, 5.74) is 0. The van der Waals surface area contributed by atoms with Crippen LogP contribution in [0.5, 0.6) is 0 Å². The molecule has 3 N–H and O–H groups in total. The van der Waals surface area contributed by atoms with Gasteiger partial charge in [-0.3, -0.25) is 4.55 Å². The summed E-state index contributed by atoms with van der Waals surface area (Å²) < 4.78 is 146. The Morgan fingerprint density at radius 3 is 1.80 bits per heavy atom. The van der Waals surface area contributed by atoms with Crippen LogP contribution < -0.4 is 9.44 Å². The molecule has 0 radical (unpaired) electrons. The predicted molar refractivity (Wildman–Crippen MR) is 71.0 cm³/mol. The Bertz CT molecular complexity index is 735. The van der Waals surface area contributed by atoms with Crippen LogP contribution in [0, 0.1) is 0 Å². The van der Waals surface area contributed by atoms with Crippen LogP contribution in [0.3, 0.4) is 0 Å². The van der Waals surface area contributed by atoms with Crippen LogP contribution in [-0.2, 0) is 31.3 Å². The molecular formula is C7H11F6N3O6S3. The fraction of sp³-hybridized carbons (Fsp3) is 1.00. The molecule has 9 nitrogen and oxygen atoms in total. The standard InChI is InChI=1S/C7H11F6N3O6S3/c8-5(9,6(10,11)24(19,20)15-23(17)18)7(12,13)25(21,22)16-3-1-14-2-4-16/h14-15H,1-4H2,(H,17,18). The van der Waals surface area contributed by atoms with Gasteiger partial charge < -0.3 is 5.32 Å². The maximum absolute atomic E-state index is 13.8. The highest BCUT2D eigenvalue weighted by Crippen LogP contribution is 2.51. The molecule has 1 heterocycles. The Labute approximate surface area is 140 Å². The van der Waals surface area contributed by atoms with E-state index in [0.29, 0.717) is 0 Å². The molecule has 0 saturated carbocycles. The van der Waals surface area contributed by atoms with Gasteiger partial charge >= 0.3 is 16.4 Å². The molecule has 1 aliphatic rings. The first-order valence-corrected chi connectivity index (χ1v) is 10.0. The summed E-state index contributed by atoms with van der Waals surface area (Å²) in [4.78, 5) is 0. The third-order valence-electron chi connectivity index (χ3n) is 2.99. The Hall–Kier alpha value is -0.530. The zero-order valence-corrected chi connectivity index (χ0v) is 14.2. The highest BCUT2D eigenvalue weighted by Gasteiger charge is 2.82. The highest BCUT2D eigenvalue weighted by atomic mass is 32.3. The minimum Gasteiger partial charge on any atom is -0.314 e. The van der Waals surface area contributed by atoms with Crippen molar-refractivity contribution in [3.05, 3.63) is 0 Å². The van der Waals surface area contributed by atoms with Crippen molar-refractivity contribution in [2.24, 2.45) is 0 Å². The Kier molecular flexibility index (Phi) is 6.20. The lowest BCUT2D eigenvalue weighted by Crippen LogP contribution is -2.65. The van der Waals surface area contributed by atoms with Gasteiger partial charge in [0, 0.05) is 26.2 Å². The predicted octanol–water partition coefficient (Wildman–Crippen LogP) is -0.902. The molecule has 1 fully saturated rings. The lowest BCUT2D eigenvalue weighted by Gasteiger charge is -2.35. The van der Waals surface area contributed by atoms with Gasteiger partial charge in [0.25, 0.3) is 20.0 Å². The zero-order valence-electron chi connectivity index (χ0n) is 11.8. The Morgan fingerprint density at radius 2 is 1.40 bits per heavy atom. The quantitative estimate of drug-likeness (QED) is 0.343. The van der Waals surface area contributed by atoms with Crippen LogP contribution in [-0.4, -0.2) is 72.5 Å². The number of nitrogens with zero attached hydrogens (tertiary/aromatic N) is 1. The molecule has 1 saturated heterocycles. The van der Waals surface area contributed by atoms with Crippen LogP contribution in [0.25, 0.3) is 0 Å². The molecule has 18 heteroatoms. The number of hydrogen-bond acceptors (Lipinski definition) is 6. The van der Waals surface area contributed by atoms with Crippen molar-refractivity contribution < 1.29 is 51.9 Å². The van der Waals surface area contributed by atoms with E-state index < -0.39 is 60.8 Å². The molecule has 0 spiro atoms. The smallest absolute Gasteiger partial charge is 0.314 e. The van der Waals surface area contributed by atoms with E-state index in [2.05, 4.69) is 5.32 Å². The minimum atomic E-state index is -6.96. The van der Waals surface area contributed by atoms with E-state index in [4.69, 9.17) is 4.55 Å². The molecule has 1 atom stereocenters. The van der Waals surface area contributed by atoms with Crippen molar-refractivity contribution in [3.8, 4) is 0 Å². The first-order valence-electron chi connectivity index (χ1n) is 5.99. The lowest BCUT2D eigenvalue weighted by molar-refractivity contribution is -0.245. The summed E-state index contributed by atoms with van der Waals surface area (Å²) in [5.74, 6) is -6.96. The molecule has 0 bridgehead atoms. The van der Waals surface area contributed by atoms with Crippen LogP contribution in [0.15, 0.2) is 0 Å².